The summed E-state index contributed by atoms with van der Waals surface area (Å²) < 4.78 is 2.01. The Balaban J connectivity index is 1.45. The average molecular weight is 330 g/mol. The molecule has 0 aliphatic carbocycles. The summed E-state index contributed by atoms with van der Waals surface area (Å²) >= 11 is 0. The Morgan fingerprint density at radius 3 is 2.68 bits per heavy atom. The third-order valence-corrected chi connectivity index (χ3v) is 5.83. The van der Waals surface area contributed by atoms with Crippen molar-refractivity contribution >= 4 is 10.8 Å². The predicted octanol–water partition coefficient (Wildman–Crippen LogP) is 3.62. The van der Waals surface area contributed by atoms with Crippen LogP contribution in [0.2, 0.25) is 0 Å². The lowest BCUT2D eigenvalue weighted by Crippen LogP contribution is -2.46. The topological polar surface area (TPSA) is 25.2 Å². The summed E-state index contributed by atoms with van der Waals surface area (Å²) in [5, 5.41) is 2.67. The van der Waals surface area contributed by atoms with Gasteiger partial charge >= 0.3 is 0 Å². The van der Waals surface area contributed by atoms with Crippen molar-refractivity contribution in [2.45, 2.75) is 25.4 Å². The van der Waals surface area contributed by atoms with E-state index in [1.54, 1.807) is 6.07 Å². The van der Waals surface area contributed by atoms with Gasteiger partial charge in [-0.2, -0.15) is 0 Å². The van der Waals surface area contributed by atoms with E-state index in [-0.39, 0.29) is 5.56 Å². The normalized spacial score (nSPS) is 22.7. The SMILES string of the molecule is O=c1cccc2n1C[C@H]1C[C@H]2CN(Cc2cccc3ccccc23)C1. The van der Waals surface area contributed by atoms with Crippen molar-refractivity contribution < 1.29 is 0 Å². The smallest absolute Gasteiger partial charge is 0.250 e. The minimum absolute atomic E-state index is 0.162. The van der Waals surface area contributed by atoms with Crippen LogP contribution in [0.25, 0.3) is 10.8 Å². The first-order valence-corrected chi connectivity index (χ1v) is 9.17. The van der Waals surface area contributed by atoms with Crippen LogP contribution in [0.5, 0.6) is 0 Å². The Labute approximate surface area is 147 Å². The van der Waals surface area contributed by atoms with E-state index in [9.17, 15) is 4.79 Å². The molecule has 3 aromatic rings. The van der Waals surface area contributed by atoms with Crippen molar-refractivity contribution in [3.8, 4) is 0 Å². The zero-order chi connectivity index (χ0) is 16.8. The molecule has 3 heterocycles. The van der Waals surface area contributed by atoms with Gasteiger partial charge in [0.1, 0.15) is 0 Å². The van der Waals surface area contributed by atoms with Crippen LogP contribution in [0, 0.1) is 5.92 Å². The van der Waals surface area contributed by atoms with Gasteiger partial charge in [0.2, 0.25) is 0 Å². The molecule has 3 heteroatoms. The van der Waals surface area contributed by atoms with Gasteiger partial charge in [0.05, 0.1) is 0 Å². The number of piperidine rings is 1. The quantitative estimate of drug-likeness (QED) is 0.717. The molecule has 2 aliphatic rings. The van der Waals surface area contributed by atoms with Crippen molar-refractivity contribution in [3.63, 3.8) is 0 Å². The molecule has 1 saturated heterocycles. The molecule has 1 aromatic heterocycles. The molecule has 0 radical (unpaired) electrons. The number of aromatic nitrogens is 1. The van der Waals surface area contributed by atoms with Crippen LogP contribution in [-0.2, 0) is 13.1 Å². The lowest BCUT2D eigenvalue weighted by molar-refractivity contribution is 0.115. The molecule has 0 spiro atoms. The average Bonchev–Trinajstić information content (AvgIpc) is 2.63. The third-order valence-electron chi connectivity index (χ3n) is 5.83. The first-order chi connectivity index (χ1) is 12.3. The van der Waals surface area contributed by atoms with E-state index in [4.69, 9.17) is 0 Å². The highest BCUT2D eigenvalue weighted by atomic mass is 16.1. The highest BCUT2D eigenvalue weighted by molar-refractivity contribution is 5.85. The number of rotatable bonds is 2. The summed E-state index contributed by atoms with van der Waals surface area (Å²) in [6.07, 6.45) is 1.22. The molecule has 1 fully saturated rings. The van der Waals surface area contributed by atoms with Crippen LogP contribution in [0.3, 0.4) is 0 Å². The van der Waals surface area contributed by atoms with Crippen molar-refractivity contribution in [3.05, 3.63) is 82.3 Å². The minimum Gasteiger partial charge on any atom is -0.312 e. The molecule has 25 heavy (non-hydrogen) atoms. The van der Waals surface area contributed by atoms with Gasteiger partial charge in [-0.15, -0.1) is 0 Å². The lowest BCUT2D eigenvalue weighted by Gasteiger charge is -2.43. The lowest BCUT2D eigenvalue weighted by atomic mass is 9.83. The molecule has 0 N–H and O–H groups in total. The molecule has 2 aliphatic heterocycles. The van der Waals surface area contributed by atoms with Crippen LogP contribution in [0.15, 0.2) is 65.5 Å². The second kappa shape index (κ2) is 5.85. The monoisotopic (exact) mass is 330 g/mol. The highest BCUT2D eigenvalue weighted by Gasteiger charge is 2.34. The van der Waals surface area contributed by atoms with Crippen LogP contribution in [-0.4, -0.2) is 22.6 Å². The van der Waals surface area contributed by atoms with Crippen molar-refractivity contribution in [2.75, 3.05) is 13.1 Å². The van der Waals surface area contributed by atoms with Gasteiger partial charge in [0, 0.05) is 43.9 Å². The number of nitrogens with zero attached hydrogens (tertiary/aromatic N) is 2. The molecule has 126 valence electrons. The fraction of sp³-hybridized carbons (Fsp3) is 0.318. The molecule has 0 unspecified atom stereocenters. The second-order valence-electron chi connectivity index (χ2n) is 7.53. The standard InChI is InChI=1S/C22H22N2O/c25-22-10-4-9-21-19-11-16(13-24(21)22)12-23(15-19)14-18-7-3-6-17-5-1-2-8-20(17)18/h1-10,16,19H,11-15H2/t16-,19-/m0/s1. The zero-order valence-corrected chi connectivity index (χ0v) is 14.3. The van der Waals surface area contributed by atoms with Gasteiger partial charge in [0.15, 0.2) is 0 Å². The van der Waals surface area contributed by atoms with Crippen LogP contribution in [0.1, 0.15) is 23.6 Å². The summed E-state index contributed by atoms with van der Waals surface area (Å²) in [5.74, 6) is 1.07. The zero-order valence-electron chi connectivity index (χ0n) is 14.3. The molecule has 2 atom stereocenters. The van der Waals surface area contributed by atoms with Crippen molar-refractivity contribution in [1.82, 2.24) is 9.47 Å². The Hall–Kier alpha value is -2.39. The minimum atomic E-state index is 0.162. The fourth-order valence-electron chi connectivity index (χ4n) is 4.80. The molecule has 2 bridgehead atoms. The van der Waals surface area contributed by atoms with E-state index in [0.717, 1.165) is 26.2 Å². The first-order valence-electron chi connectivity index (χ1n) is 9.17. The summed E-state index contributed by atoms with van der Waals surface area (Å²) in [7, 11) is 0. The van der Waals surface area contributed by atoms with Crippen molar-refractivity contribution in [1.29, 1.82) is 0 Å². The molecular formula is C22H22N2O. The van der Waals surface area contributed by atoms with E-state index < -0.39 is 0 Å². The maximum atomic E-state index is 12.2. The molecule has 0 amide bonds. The Morgan fingerprint density at radius 1 is 0.880 bits per heavy atom. The highest BCUT2D eigenvalue weighted by Crippen LogP contribution is 2.35. The Kier molecular flexibility index (Phi) is 3.49. The maximum Gasteiger partial charge on any atom is 0.250 e. The van der Waals surface area contributed by atoms with Gasteiger partial charge < -0.3 is 4.57 Å². The molecule has 0 saturated carbocycles. The fourth-order valence-corrected chi connectivity index (χ4v) is 4.80. The summed E-state index contributed by atoms with van der Waals surface area (Å²) in [6.45, 7) is 3.99. The largest absolute Gasteiger partial charge is 0.312 e. The van der Waals surface area contributed by atoms with Crippen LogP contribution in [0.4, 0.5) is 0 Å². The summed E-state index contributed by atoms with van der Waals surface area (Å²) in [6, 6.07) is 21.0. The van der Waals surface area contributed by atoms with E-state index in [1.165, 1.54) is 28.5 Å². The van der Waals surface area contributed by atoms with Crippen LogP contribution >= 0.6 is 0 Å². The number of hydrogen-bond donors (Lipinski definition) is 0. The summed E-state index contributed by atoms with van der Waals surface area (Å²) in [5.41, 5.74) is 2.80. The molecular weight excluding hydrogens is 308 g/mol. The second-order valence-corrected chi connectivity index (χ2v) is 7.53. The number of benzene rings is 2. The predicted molar refractivity (Wildman–Crippen MR) is 101 cm³/mol. The Morgan fingerprint density at radius 2 is 1.72 bits per heavy atom. The third kappa shape index (κ3) is 2.59. The van der Waals surface area contributed by atoms with Gasteiger partial charge in [-0.3, -0.25) is 9.69 Å². The van der Waals surface area contributed by atoms with E-state index >= 15 is 0 Å². The number of pyridine rings is 1. The molecule has 2 aromatic carbocycles. The van der Waals surface area contributed by atoms with E-state index in [2.05, 4.69) is 53.4 Å². The molecule has 5 rings (SSSR count). The van der Waals surface area contributed by atoms with Gasteiger partial charge in [-0.1, -0.05) is 48.5 Å². The molecule has 3 nitrogen and oxygen atoms in total. The summed E-state index contributed by atoms with van der Waals surface area (Å²) in [4.78, 5) is 14.7. The van der Waals surface area contributed by atoms with Gasteiger partial charge in [-0.25, -0.2) is 0 Å². The number of hydrogen-bond acceptors (Lipinski definition) is 2. The van der Waals surface area contributed by atoms with Gasteiger partial charge in [0.25, 0.3) is 5.56 Å². The first kappa shape index (κ1) is 14.9. The number of likely N-dealkylation sites (tertiary alicyclic amines) is 1. The van der Waals surface area contributed by atoms with E-state index in [0.29, 0.717) is 11.8 Å². The number of fused-ring (bicyclic) bond motifs is 5. The van der Waals surface area contributed by atoms with Crippen LogP contribution < -0.4 is 5.56 Å². The van der Waals surface area contributed by atoms with Gasteiger partial charge in [-0.05, 0) is 34.7 Å². The maximum absolute atomic E-state index is 12.2. The van der Waals surface area contributed by atoms with E-state index in [1.807, 2.05) is 10.6 Å². The van der Waals surface area contributed by atoms with Crippen molar-refractivity contribution in [2.24, 2.45) is 5.92 Å². The Bertz CT molecular complexity index is 985.